The zero-order valence-electron chi connectivity index (χ0n) is 11.9. The third-order valence-corrected chi connectivity index (χ3v) is 4.13. The van der Waals surface area contributed by atoms with Crippen molar-refractivity contribution < 1.29 is 14.7 Å². The molecule has 0 spiro atoms. The molecule has 0 radical (unpaired) electrons. The fourth-order valence-electron chi connectivity index (χ4n) is 1.94. The average Bonchev–Trinajstić information content (AvgIpc) is 3.16. The van der Waals surface area contributed by atoms with Crippen molar-refractivity contribution in [2.75, 3.05) is 5.32 Å². The summed E-state index contributed by atoms with van der Waals surface area (Å²) in [5.74, 6) is -1.14. The van der Waals surface area contributed by atoms with Crippen molar-refractivity contribution in [3.05, 3.63) is 40.4 Å². The summed E-state index contributed by atoms with van der Waals surface area (Å²) in [6.45, 7) is 1.91. The van der Waals surface area contributed by atoms with Gasteiger partial charge in [0.2, 0.25) is 0 Å². The number of carboxylic acids is 1. The average molecular weight is 317 g/mol. The van der Waals surface area contributed by atoms with Crippen LogP contribution in [0, 0.1) is 6.92 Å². The Labute approximate surface area is 131 Å². The number of aromatic carboxylic acids is 1. The molecule has 1 fully saturated rings. The maximum absolute atomic E-state index is 12.1. The summed E-state index contributed by atoms with van der Waals surface area (Å²) in [4.78, 5) is 26.9. The number of nitrogens with one attached hydrogen (secondary N) is 2. The first-order valence-electron chi connectivity index (χ1n) is 6.90. The Morgan fingerprint density at radius 1 is 1.36 bits per heavy atom. The summed E-state index contributed by atoms with van der Waals surface area (Å²) in [5, 5.41) is 16.9. The molecule has 3 N–H and O–H groups in total. The van der Waals surface area contributed by atoms with Gasteiger partial charge in [0.25, 0.3) is 5.91 Å². The maximum Gasteiger partial charge on any atom is 0.355 e. The van der Waals surface area contributed by atoms with Crippen molar-refractivity contribution in [2.24, 2.45) is 0 Å². The number of carbonyl (C=O) groups is 2. The summed E-state index contributed by atoms with van der Waals surface area (Å²) in [7, 11) is 0. The monoisotopic (exact) mass is 317 g/mol. The summed E-state index contributed by atoms with van der Waals surface area (Å²) in [6.07, 6.45) is 2.08. The number of hydrogen-bond acceptors (Lipinski definition) is 5. The number of aryl methyl sites for hydroxylation is 1. The lowest BCUT2D eigenvalue weighted by atomic mass is 10.1. The minimum atomic E-state index is -1.06. The highest BCUT2D eigenvalue weighted by molar-refractivity contribution is 7.14. The van der Waals surface area contributed by atoms with E-state index in [0.29, 0.717) is 16.7 Å². The maximum atomic E-state index is 12.1. The molecule has 114 valence electrons. The molecule has 2 aromatic rings. The van der Waals surface area contributed by atoms with E-state index in [-0.39, 0.29) is 11.6 Å². The summed E-state index contributed by atoms with van der Waals surface area (Å²) in [6, 6.07) is 5.70. The number of anilines is 2. The van der Waals surface area contributed by atoms with Gasteiger partial charge in [-0.2, -0.15) is 0 Å². The highest BCUT2D eigenvalue weighted by Crippen LogP contribution is 2.25. The highest BCUT2D eigenvalue weighted by Gasteiger charge is 2.24. The molecular weight excluding hydrogens is 302 g/mol. The minimum absolute atomic E-state index is 0.00721. The first kappa shape index (κ1) is 14.5. The van der Waals surface area contributed by atoms with Crippen LogP contribution in [0.2, 0.25) is 0 Å². The van der Waals surface area contributed by atoms with Crippen LogP contribution >= 0.6 is 11.3 Å². The van der Waals surface area contributed by atoms with Crippen LogP contribution in [0.25, 0.3) is 0 Å². The van der Waals surface area contributed by atoms with Crippen LogP contribution in [0.3, 0.4) is 0 Å². The fourth-order valence-corrected chi connectivity index (χ4v) is 2.64. The second-order valence-corrected chi connectivity index (χ2v) is 6.10. The number of benzene rings is 1. The topological polar surface area (TPSA) is 91.3 Å². The second-order valence-electron chi connectivity index (χ2n) is 5.25. The van der Waals surface area contributed by atoms with Crippen molar-refractivity contribution >= 4 is 34.0 Å². The van der Waals surface area contributed by atoms with E-state index in [9.17, 15) is 9.59 Å². The van der Waals surface area contributed by atoms with Gasteiger partial charge in [0, 0.05) is 22.7 Å². The largest absolute Gasteiger partial charge is 0.476 e. The van der Waals surface area contributed by atoms with Gasteiger partial charge in [0.1, 0.15) is 0 Å². The van der Waals surface area contributed by atoms with E-state index in [2.05, 4.69) is 15.6 Å². The van der Waals surface area contributed by atoms with E-state index >= 15 is 0 Å². The molecule has 1 saturated carbocycles. The Bertz CT molecular complexity index is 737. The molecule has 6 nitrogen and oxygen atoms in total. The molecule has 1 aromatic carbocycles. The van der Waals surface area contributed by atoms with Gasteiger partial charge in [-0.1, -0.05) is 6.07 Å². The molecule has 7 heteroatoms. The van der Waals surface area contributed by atoms with E-state index in [1.54, 1.807) is 12.1 Å². The van der Waals surface area contributed by atoms with Gasteiger partial charge in [-0.3, -0.25) is 4.79 Å². The normalized spacial score (nSPS) is 13.7. The SMILES string of the molecule is Cc1ccc(C(=O)NC2CC2)cc1Nc1nc(C(=O)O)cs1. The van der Waals surface area contributed by atoms with Gasteiger partial charge in [-0.15, -0.1) is 11.3 Å². The lowest BCUT2D eigenvalue weighted by molar-refractivity contribution is 0.0691. The quantitative estimate of drug-likeness (QED) is 0.789. The lowest BCUT2D eigenvalue weighted by Crippen LogP contribution is -2.25. The van der Waals surface area contributed by atoms with Crippen LogP contribution in [0.4, 0.5) is 10.8 Å². The number of hydrogen-bond donors (Lipinski definition) is 3. The number of aromatic nitrogens is 1. The molecule has 0 aliphatic heterocycles. The Hall–Kier alpha value is -2.41. The Morgan fingerprint density at radius 3 is 2.77 bits per heavy atom. The molecule has 1 aliphatic carbocycles. The van der Waals surface area contributed by atoms with Crippen LogP contribution in [0.1, 0.15) is 39.3 Å². The molecule has 22 heavy (non-hydrogen) atoms. The summed E-state index contributed by atoms with van der Waals surface area (Å²) >= 11 is 1.21. The molecule has 0 unspecified atom stereocenters. The number of rotatable bonds is 5. The zero-order chi connectivity index (χ0) is 15.7. The molecule has 1 aliphatic rings. The number of nitrogens with zero attached hydrogens (tertiary/aromatic N) is 1. The fraction of sp³-hybridized carbons (Fsp3) is 0.267. The first-order chi connectivity index (χ1) is 10.5. The first-order valence-corrected chi connectivity index (χ1v) is 7.78. The van der Waals surface area contributed by atoms with Crippen molar-refractivity contribution in [1.29, 1.82) is 0 Å². The van der Waals surface area contributed by atoms with E-state index in [4.69, 9.17) is 5.11 Å². The molecule has 1 amide bonds. The van der Waals surface area contributed by atoms with Gasteiger partial charge in [-0.05, 0) is 37.5 Å². The molecule has 1 aromatic heterocycles. The molecule has 0 saturated heterocycles. The third kappa shape index (κ3) is 3.25. The van der Waals surface area contributed by atoms with Crippen LogP contribution in [-0.2, 0) is 0 Å². The zero-order valence-corrected chi connectivity index (χ0v) is 12.7. The van der Waals surface area contributed by atoms with E-state index in [1.807, 2.05) is 13.0 Å². The van der Waals surface area contributed by atoms with Gasteiger partial charge >= 0.3 is 5.97 Å². The molecule has 0 bridgehead atoms. The molecular formula is C15H15N3O3S. The van der Waals surface area contributed by atoms with E-state index in [1.165, 1.54) is 16.7 Å². The van der Waals surface area contributed by atoms with Crippen LogP contribution in [0.15, 0.2) is 23.6 Å². The summed E-state index contributed by atoms with van der Waals surface area (Å²) < 4.78 is 0. The standard InChI is InChI=1S/C15H15N3O3S/c1-8-2-3-9(13(19)16-10-4-5-10)6-11(8)17-15-18-12(7-22-15)14(20)21/h2-3,6-7,10H,4-5H2,1H3,(H,16,19)(H,17,18)(H,20,21). The molecule has 1 heterocycles. The van der Waals surface area contributed by atoms with E-state index in [0.717, 1.165) is 24.1 Å². The van der Waals surface area contributed by atoms with Crippen molar-refractivity contribution in [3.8, 4) is 0 Å². The Morgan fingerprint density at radius 2 is 2.14 bits per heavy atom. The van der Waals surface area contributed by atoms with Crippen molar-refractivity contribution in [3.63, 3.8) is 0 Å². The second kappa shape index (κ2) is 5.76. The van der Waals surface area contributed by atoms with Gasteiger partial charge in [0.05, 0.1) is 0 Å². The lowest BCUT2D eigenvalue weighted by Gasteiger charge is -2.10. The van der Waals surface area contributed by atoms with Gasteiger partial charge in [0.15, 0.2) is 10.8 Å². The van der Waals surface area contributed by atoms with Gasteiger partial charge < -0.3 is 15.7 Å². The van der Waals surface area contributed by atoms with Gasteiger partial charge in [-0.25, -0.2) is 9.78 Å². The summed E-state index contributed by atoms with van der Waals surface area (Å²) in [5.41, 5.74) is 2.28. The third-order valence-electron chi connectivity index (χ3n) is 3.38. The molecule has 3 rings (SSSR count). The Kier molecular flexibility index (Phi) is 3.81. The number of thiazole rings is 1. The smallest absolute Gasteiger partial charge is 0.355 e. The predicted molar refractivity (Wildman–Crippen MR) is 84.0 cm³/mol. The number of amides is 1. The van der Waals surface area contributed by atoms with Crippen LogP contribution in [-0.4, -0.2) is 28.0 Å². The minimum Gasteiger partial charge on any atom is -0.476 e. The molecule has 0 atom stereocenters. The van der Waals surface area contributed by atoms with Crippen LogP contribution < -0.4 is 10.6 Å². The van der Waals surface area contributed by atoms with Crippen LogP contribution in [0.5, 0.6) is 0 Å². The van der Waals surface area contributed by atoms with Crippen molar-refractivity contribution in [1.82, 2.24) is 10.3 Å². The predicted octanol–water partition coefficient (Wildman–Crippen LogP) is 2.79. The highest BCUT2D eigenvalue weighted by atomic mass is 32.1. The Balaban J connectivity index is 1.79. The van der Waals surface area contributed by atoms with E-state index < -0.39 is 5.97 Å². The number of carbonyl (C=O) groups excluding carboxylic acids is 1. The number of carboxylic acid groups (broad SMARTS) is 1. The van der Waals surface area contributed by atoms with Crippen molar-refractivity contribution in [2.45, 2.75) is 25.8 Å².